The number of carbonyl (C=O) groups excluding carboxylic acids is 1. The SMILES string of the molecule is CC(C(=O)OC(CN1CCNCC1)c1cccc(C(F)(F)F)c1)c1ccc2c(c1)CC(C(C)C)C2. The lowest BCUT2D eigenvalue weighted by atomic mass is 9.93. The van der Waals surface area contributed by atoms with Gasteiger partial charge >= 0.3 is 12.1 Å². The summed E-state index contributed by atoms with van der Waals surface area (Å²) in [6.07, 6.45) is -3.15. The van der Waals surface area contributed by atoms with E-state index in [1.54, 1.807) is 6.07 Å². The van der Waals surface area contributed by atoms with Gasteiger partial charge in [-0.25, -0.2) is 0 Å². The third kappa shape index (κ3) is 6.25. The summed E-state index contributed by atoms with van der Waals surface area (Å²) >= 11 is 0. The minimum Gasteiger partial charge on any atom is -0.456 e. The molecule has 3 atom stereocenters. The molecule has 1 saturated heterocycles. The lowest BCUT2D eigenvalue weighted by Crippen LogP contribution is -2.45. The Morgan fingerprint density at radius 2 is 1.74 bits per heavy atom. The number of benzene rings is 2. The topological polar surface area (TPSA) is 41.6 Å². The number of rotatable bonds is 7. The van der Waals surface area contributed by atoms with Gasteiger partial charge in [-0.05, 0) is 66.0 Å². The molecule has 0 radical (unpaired) electrons. The van der Waals surface area contributed by atoms with E-state index in [4.69, 9.17) is 4.74 Å². The number of nitrogens with zero attached hydrogens (tertiary/aromatic N) is 1. The maximum atomic E-state index is 13.4. The summed E-state index contributed by atoms with van der Waals surface area (Å²) < 4.78 is 46.0. The fourth-order valence-corrected chi connectivity index (χ4v) is 5.05. The maximum Gasteiger partial charge on any atom is 0.416 e. The number of hydrogen-bond donors (Lipinski definition) is 1. The molecular formula is C28H35F3N2O2. The van der Waals surface area contributed by atoms with Crippen LogP contribution in [0.5, 0.6) is 0 Å². The van der Waals surface area contributed by atoms with E-state index in [9.17, 15) is 18.0 Å². The van der Waals surface area contributed by atoms with Gasteiger partial charge in [0.25, 0.3) is 0 Å². The van der Waals surface area contributed by atoms with Gasteiger partial charge in [-0.3, -0.25) is 9.69 Å². The van der Waals surface area contributed by atoms with Gasteiger partial charge in [0, 0.05) is 32.7 Å². The highest BCUT2D eigenvalue weighted by atomic mass is 19.4. The zero-order valence-electron chi connectivity index (χ0n) is 20.7. The van der Waals surface area contributed by atoms with Gasteiger partial charge in [-0.2, -0.15) is 13.2 Å². The molecule has 2 aromatic rings. The van der Waals surface area contributed by atoms with Crippen LogP contribution < -0.4 is 5.32 Å². The van der Waals surface area contributed by atoms with Crippen molar-refractivity contribution < 1.29 is 22.7 Å². The molecule has 4 nitrogen and oxygen atoms in total. The van der Waals surface area contributed by atoms with E-state index in [1.165, 1.54) is 17.2 Å². The number of halogens is 3. The van der Waals surface area contributed by atoms with Crippen LogP contribution in [0.25, 0.3) is 0 Å². The van der Waals surface area contributed by atoms with Crippen LogP contribution >= 0.6 is 0 Å². The first kappa shape index (κ1) is 25.7. The fourth-order valence-electron chi connectivity index (χ4n) is 5.05. The van der Waals surface area contributed by atoms with Crippen molar-refractivity contribution in [2.24, 2.45) is 11.8 Å². The van der Waals surface area contributed by atoms with Crippen LogP contribution in [-0.2, 0) is 28.5 Å². The molecular weight excluding hydrogens is 453 g/mol. The van der Waals surface area contributed by atoms with E-state index >= 15 is 0 Å². The van der Waals surface area contributed by atoms with Crippen molar-refractivity contribution >= 4 is 5.97 Å². The van der Waals surface area contributed by atoms with Crippen LogP contribution in [0, 0.1) is 11.8 Å². The van der Waals surface area contributed by atoms with Crippen LogP contribution in [0.4, 0.5) is 13.2 Å². The zero-order chi connectivity index (χ0) is 25.2. The minimum absolute atomic E-state index is 0.363. The Kier molecular flexibility index (Phi) is 7.86. The highest BCUT2D eigenvalue weighted by Crippen LogP contribution is 2.35. The number of fused-ring (bicyclic) bond motifs is 1. The minimum atomic E-state index is -4.45. The van der Waals surface area contributed by atoms with Gasteiger partial charge in [0.15, 0.2) is 0 Å². The quantitative estimate of drug-likeness (QED) is 0.532. The first-order chi connectivity index (χ1) is 16.6. The second-order valence-electron chi connectivity index (χ2n) is 10.3. The molecule has 0 aromatic heterocycles. The Hall–Kier alpha value is -2.38. The second kappa shape index (κ2) is 10.7. The molecule has 1 aliphatic heterocycles. The van der Waals surface area contributed by atoms with Crippen molar-refractivity contribution in [3.63, 3.8) is 0 Å². The lowest BCUT2D eigenvalue weighted by molar-refractivity contribution is -0.152. The molecule has 0 saturated carbocycles. The van der Waals surface area contributed by atoms with Gasteiger partial charge in [0.05, 0.1) is 11.5 Å². The molecule has 1 heterocycles. The number of esters is 1. The highest BCUT2D eigenvalue weighted by Gasteiger charge is 2.33. The molecule has 1 aliphatic carbocycles. The smallest absolute Gasteiger partial charge is 0.416 e. The maximum absolute atomic E-state index is 13.4. The molecule has 3 unspecified atom stereocenters. The summed E-state index contributed by atoms with van der Waals surface area (Å²) in [4.78, 5) is 15.4. The zero-order valence-corrected chi connectivity index (χ0v) is 20.7. The van der Waals surface area contributed by atoms with Gasteiger partial charge in [0.2, 0.25) is 0 Å². The number of hydrogen-bond acceptors (Lipinski definition) is 4. The largest absolute Gasteiger partial charge is 0.456 e. The summed E-state index contributed by atoms with van der Waals surface area (Å²) in [5.74, 6) is 0.300. The van der Waals surface area contributed by atoms with Crippen LogP contribution in [0.2, 0.25) is 0 Å². The molecule has 2 aliphatic rings. The number of alkyl halides is 3. The first-order valence-electron chi connectivity index (χ1n) is 12.5. The third-order valence-corrected chi connectivity index (χ3v) is 7.47. The predicted octanol–water partition coefficient (Wildman–Crippen LogP) is 5.37. The van der Waals surface area contributed by atoms with Gasteiger partial charge in [-0.1, -0.05) is 44.2 Å². The molecule has 0 bridgehead atoms. The second-order valence-corrected chi connectivity index (χ2v) is 10.3. The first-order valence-corrected chi connectivity index (χ1v) is 12.5. The molecule has 190 valence electrons. The third-order valence-electron chi connectivity index (χ3n) is 7.47. The Bertz CT molecular complexity index is 1030. The lowest BCUT2D eigenvalue weighted by Gasteiger charge is -2.31. The van der Waals surface area contributed by atoms with Gasteiger partial charge in [0.1, 0.15) is 6.10 Å². The van der Waals surface area contributed by atoms with E-state index in [2.05, 4.69) is 36.2 Å². The van der Waals surface area contributed by atoms with Crippen molar-refractivity contribution in [1.82, 2.24) is 10.2 Å². The number of nitrogens with one attached hydrogen (secondary N) is 1. The van der Waals surface area contributed by atoms with E-state index in [1.807, 2.05) is 13.0 Å². The van der Waals surface area contributed by atoms with E-state index in [0.717, 1.165) is 56.7 Å². The van der Waals surface area contributed by atoms with Crippen molar-refractivity contribution in [2.45, 2.75) is 51.8 Å². The monoisotopic (exact) mass is 488 g/mol. The number of ether oxygens (including phenoxy) is 1. The Morgan fingerprint density at radius 1 is 1.03 bits per heavy atom. The normalized spacial score (nSPS) is 20.5. The average molecular weight is 489 g/mol. The average Bonchev–Trinajstić information content (AvgIpc) is 3.27. The van der Waals surface area contributed by atoms with E-state index in [0.29, 0.717) is 23.9 Å². The predicted molar refractivity (Wildman–Crippen MR) is 130 cm³/mol. The van der Waals surface area contributed by atoms with Crippen molar-refractivity contribution in [3.8, 4) is 0 Å². The molecule has 7 heteroatoms. The van der Waals surface area contributed by atoms with Crippen LogP contribution in [0.1, 0.15) is 60.6 Å². The number of carbonyl (C=O) groups is 1. The summed E-state index contributed by atoms with van der Waals surface area (Å²) in [5.41, 5.74) is 3.16. The Balaban J connectivity index is 1.53. The van der Waals surface area contributed by atoms with Crippen LogP contribution in [0.15, 0.2) is 42.5 Å². The van der Waals surface area contributed by atoms with E-state index in [-0.39, 0.29) is 0 Å². The molecule has 0 amide bonds. The Morgan fingerprint density at radius 3 is 2.43 bits per heavy atom. The summed E-state index contributed by atoms with van der Waals surface area (Å²) in [6.45, 7) is 9.76. The number of piperazine rings is 1. The molecule has 35 heavy (non-hydrogen) atoms. The van der Waals surface area contributed by atoms with Crippen LogP contribution in [0.3, 0.4) is 0 Å². The van der Waals surface area contributed by atoms with E-state index < -0.39 is 29.7 Å². The summed E-state index contributed by atoms with van der Waals surface area (Å²) in [5, 5.41) is 3.27. The summed E-state index contributed by atoms with van der Waals surface area (Å²) in [6, 6.07) is 11.4. The summed E-state index contributed by atoms with van der Waals surface area (Å²) in [7, 11) is 0. The standard InChI is InChI=1S/C28H35F3N2O2/c1-18(2)23-14-21-8-7-20(13-24(21)15-23)19(3)27(34)35-26(17-33-11-9-32-10-12-33)22-5-4-6-25(16-22)28(29,30)31/h4-8,13,16,18-19,23,26,32H,9-12,14-15,17H2,1-3H3. The molecule has 1 fully saturated rings. The van der Waals surface area contributed by atoms with Crippen molar-refractivity contribution in [1.29, 1.82) is 0 Å². The van der Waals surface area contributed by atoms with Crippen LogP contribution in [-0.4, -0.2) is 43.6 Å². The molecule has 0 spiro atoms. The fraction of sp³-hybridized carbons (Fsp3) is 0.536. The Labute approximate surface area is 205 Å². The molecule has 2 aromatic carbocycles. The molecule has 4 rings (SSSR count). The van der Waals surface area contributed by atoms with Gasteiger partial charge < -0.3 is 10.1 Å². The van der Waals surface area contributed by atoms with Crippen molar-refractivity contribution in [3.05, 3.63) is 70.3 Å². The van der Waals surface area contributed by atoms with Crippen molar-refractivity contribution in [2.75, 3.05) is 32.7 Å². The van der Waals surface area contributed by atoms with Gasteiger partial charge in [-0.15, -0.1) is 0 Å². The highest BCUT2D eigenvalue weighted by molar-refractivity contribution is 5.78. The molecule has 1 N–H and O–H groups in total.